The summed E-state index contributed by atoms with van der Waals surface area (Å²) in [5, 5.41) is 15.2. The molecule has 130 valence electrons. The maximum atomic E-state index is 10.6. The molecule has 4 heterocycles. The van der Waals surface area contributed by atoms with Gasteiger partial charge in [-0.05, 0) is 44.7 Å². The standard InChI is InChI=1S/C19H23N5O/c1-13-12-18(24-17(21-13)11-14(2)22-24)23-9-6-15(7-10-23)19(25)16-5-3-4-8-20-16/h3-5,8,11-12,15,19,25H,6-7,9-10H2,1-2H3. The molecule has 6 nitrogen and oxygen atoms in total. The molecule has 0 radical (unpaired) electrons. The van der Waals surface area contributed by atoms with Crippen molar-refractivity contribution in [2.24, 2.45) is 5.92 Å². The number of rotatable bonds is 3. The molecular weight excluding hydrogens is 314 g/mol. The lowest BCUT2D eigenvalue weighted by Gasteiger charge is -2.35. The molecule has 4 rings (SSSR count). The quantitative estimate of drug-likeness (QED) is 0.796. The fraction of sp³-hybridized carbons (Fsp3) is 0.421. The number of anilines is 1. The highest BCUT2D eigenvalue weighted by Gasteiger charge is 2.28. The van der Waals surface area contributed by atoms with Crippen LogP contribution in [0.3, 0.4) is 0 Å². The highest BCUT2D eigenvalue weighted by molar-refractivity contribution is 5.52. The van der Waals surface area contributed by atoms with Crippen molar-refractivity contribution in [3.63, 3.8) is 0 Å². The molecule has 1 N–H and O–H groups in total. The van der Waals surface area contributed by atoms with Gasteiger partial charge < -0.3 is 10.0 Å². The Labute approximate surface area is 147 Å². The van der Waals surface area contributed by atoms with E-state index in [0.717, 1.165) is 54.5 Å². The summed E-state index contributed by atoms with van der Waals surface area (Å²) in [6.07, 6.45) is 3.11. The number of pyridine rings is 1. The smallest absolute Gasteiger partial charge is 0.157 e. The van der Waals surface area contributed by atoms with Crippen molar-refractivity contribution in [1.29, 1.82) is 0 Å². The summed E-state index contributed by atoms with van der Waals surface area (Å²) in [5.41, 5.74) is 3.63. The summed E-state index contributed by atoms with van der Waals surface area (Å²) in [6.45, 7) is 5.80. The molecule has 0 amide bonds. The van der Waals surface area contributed by atoms with Gasteiger partial charge >= 0.3 is 0 Å². The average molecular weight is 337 g/mol. The van der Waals surface area contributed by atoms with Gasteiger partial charge in [0.05, 0.1) is 17.5 Å². The first kappa shape index (κ1) is 16.0. The fourth-order valence-corrected chi connectivity index (χ4v) is 3.66. The van der Waals surface area contributed by atoms with E-state index in [-0.39, 0.29) is 5.92 Å². The normalized spacial score (nSPS) is 17.2. The van der Waals surface area contributed by atoms with Crippen molar-refractivity contribution in [2.45, 2.75) is 32.8 Å². The molecule has 0 bridgehead atoms. The van der Waals surface area contributed by atoms with Crippen molar-refractivity contribution in [2.75, 3.05) is 18.0 Å². The number of aromatic nitrogens is 4. The Morgan fingerprint density at radius 2 is 1.92 bits per heavy atom. The van der Waals surface area contributed by atoms with Crippen LogP contribution in [0.15, 0.2) is 36.5 Å². The van der Waals surface area contributed by atoms with Crippen LogP contribution in [0.4, 0.5) is 5.82 Å². The Kier molecular flexibility index (Phi) is 4.13. The third-order valence-electron chi connectivity index (χ3n) is 4.96. The summed E-state index contributed by atoms with van der Waals surface area (Å²) >= 11 is 0. The van der Waals surface area contributed by atoms with E-state index < -0.39 is 6.10 Å². The van der Waals surface area contributed by atoms with Crippen molar-refractivity contribution in [1.82, 2.24) is 19.6 Å². The van der Waals surface area contributed by atoms with Crippen molar-refractivity contribution in [3.05, 3.63) is 53.6 Å². The second kappa shape index (κ2) is 6.44. The minimum Gasteiger partial charge on any atom is -0.387 e. The number of nitrogens with zero attached hydrogens (tertiary/aromatic N) is 5. The van der Waals surface area contributed by atoms with Gasteiger partial charge in [0.1, 0.15) is 5.82 Å². The van der Waals surface area contributed by atoms with E-state index in [4.69, 9.17) is 0 Å². The van der Waals surface area contributed by atoms with Gasteiger partial charge in [0.25, 0.3) is 0 Å². The monoisotopic (exact) mass is 337 g/mol. The molecule has 3 aromatic heterocycles. The molecule has 6 heteroatoms. The SMILES string of the molecule is Cc1cc(N2CCC(C(O)c3ccccn3)CC2)n2nc(C)cc2n1. The van der Waals surface area contributed by atoms with E-state index in [1.807, 2.05) is 42.6 Å². The van der Waals surface area contributed by atoms with Gasteiger partial charge in [-0.15, -0.1) is 0 Å². The molecule has 1 saturated heterocycles. The predicted molar refractivity (Wildman–Crippen MR) is 96.6 cm³/mol. The van der Waals surface area contributed by atoms with E-state index >= 15 is 0 Å². The Morgan fingerprint density at radius 3 is 2.64 bits per heavy atom. The number of aliphatic hydroxyl groups is 1. The zero-order chi connectivity index (χ0) is 17.4. The van der Waals surface area contributed by atoms with Gasteiger partial charge in [-0.3, -0.25) is 4.98 Å². The molecule has 1 fully saturated rings. The molecule has 3 aromatic rings. The molecule has 0 spiro atoms. The Bertz CT molecular complexity index is 868. The third-order valence-corrected chi connectivity index (χ3v) is 4.96. The number of piperidine rings is 1. The van der Waals surface area contributed by atoms with Crippen LogP contribution in [0.1, 0.15) is 36.0 Å². The largest absolute Gasteiger partial charge is 0.387 e. The van der Waals surface area contributed by atoms with E-state index in [9.17, 15) is 5.11 Å². The van der Waals surface area contributed by atoms with E-state index in [0.29, 0.717) is 0 Å². The second-order valence-corrected chi connectivity index (χ2v) is 6.84. The first-order valence-electron chi connectivity index (χ1n) is 8.80. The van der Waals surface area contributed by atoms with Gasteiger partial charge in [-0.1, -0.05) is 6.07 Å². The summed E-state index contributed by atoms with van der Waals surface area (Å²) in [7, 11) is 0. The maximum Gasteiger partial charge on any atom is 0.157 e. The minimum atomic E-state index is -0.491. The third kappa shape index (κ3) is 3.09. The first-order valence-corrected chi connectivity index (χ1v) is 8.80. The second-order valence-electron chi connectivity index (χ2n) is 6.84. The number of hydrogen-bond acceptors (Lipinski definition) is 5. The molecule has 1 aliphatic rings. The van der Waals surface area contributed by atoms with Crippen LogP contribution in [0.2, 0.25) is 0 Å². The molecule has 0 aromatic carbocycles. The number of hydrogen-bond donors (Lipinski definition) is 1. The van der Waals surface area contributed by atoms with Crippen LogP contribution in [-0.2, 0) is 0 Å². The van der Waals surface area contributed by atoms with Crippen LogP contribution >= 0.6 is 0 Å². The Hall–Kier alpha value is -2.47. The van der Waals surface area contributed by atoms with Gasteiger partial charge in [0, 0.05) is 37.1 Å². The van der Waals surface area contributed by atoms with Crippen molar-refractivity contribution >= 4 is 11.5 Å². The zero-order valence-corrected chi connectivity index (χ0v) is 14.6. The molecule has 25 heavy (non-hydrogen) atoms. The molecule has 0 saturated carbocycles. The fourth-order valence-electron chi connectivity index (χ4n) is 3.66. The number of aryl methyl sites for hydroxylation is 2. The molecule has 0 aliphatic carbocycles. The van der Waals surface area contributed by atoms with Crippen LogP contribution in [0, 0.1) is 19.8 Å². The van der Waals surface area contributed by atoms with E-state index in [2.05, 4.69) is 26.0 Å². The van der Waals surface area contributed by atoms with E-state index in [1.54, 1.807) is 6.20 Å². The van der Waals surface area contributed by atoms with Gasteiger partial charge in [-0.2, -0.15) is 9.61 Å². The minimum absolute atomic E-state index is 0.240. The summed E-state index contributed by atoms with van der Waals surface area (Å²) in [5.74, 6) is 1.32. The summed E-state index contributed by atoms with van der Waals surface area (Å²) < 4.78 is 1.93. The highest BCUT2D eigenvalue weighted by Crippen LogP contribution is 2.31. The van der Waals surface area contributed by atoms with E-state index in [1.165, 1.54) is 0 Å². The Morgan fingerprint density at radius 1 is 1.12 bits per heavy atom. The average Bonchev–Trinajstić information content (AvgIpc) is 3.01. The number of aliphatic hydroxyl groups excluding tert-OH is 1. The molecule has 1 atom stereocenters. The van der Waals surface area contributed by atoms with Crippen LogP contribution < -0.4 is 4.90 Å². The molecular formula is C19H23N5O. The lowest BCUT2D eigenvalue weighted by atomic mass is 9.89. The number of fused-ring (bicyclic) bond motifs is 1. The summed E-state index contributed by atoms with van der Waals surface area (Å²) in [4.78, 5) is 11.2. The zero-order valence-electron chi connectivity index (χ0n) is 14.6. The lowest BCUT2D eigenvalue weighted by molar-refractivity contribution is 0.0890. The summed E-state index contributed by atoms with van der Waals surface area (Å²) in [6, 6.07) is 9.81. The van der Waals surface area contributed by atoms with Gasteiger partial charge in [0.2, 0.25) is 0 Å². The van der Waals surface area contributed by atoms with Crippen LogP contribution in [0.5, 0.6) is 0 Å². The van der Waals surface area contributed by atoms with Crippen LogP contribution in [-0.4, -0.2) is 37.8 Å². The van der Waals surface area contributed by atoms with Crippen molar-refractivity contribution < 1.29 is 5.11 Å². The Balaban J connectivity index is 1.53. The van der Waals surface area contributed by atoms with Crippen LogP contribution in [0.25, 0.3) is 5.65 Å². The maximum absolute atomic E-state index is 10.6. The van der Waals surface area contributed by atoms with Gasteiger partial charge in [-0.25, -0.2) is 4.98 Å². The topological polar surface area (TPSA) is 66.5 Å². The van der Waals surface area contributed by atoms with Gasteiger partial charge in [0.15, 0.2) is 5.65 Å². The first-order chi connectivity index (χ1) is 12.1. The lowest BCUT2D eigenvalue weighted by Crippen LogP contribution is -2.37. The van der Waals surface area contributed by atoms with Crippen molar-refractivity contribution in [3.8, 4) is 0 Å². The molecule has 1 unspecified atom stereocenters. The highest BCUT2D eigenvalue weighted by atomic mass is 16.3. The predicted octanol–water partition coefficient (Wildman–Crippen LogP) is 2.69. The molecule has 1 aliphatic heterocycles.